The second-order valence-corrected chi connectivity index (χ2v) is 6.87. The van der Waals surface area contributed by atoms with Gasteiger partial charge in [0.1, 0.15) is 5.69 Å². The second-order valence-electron chi connectivity index (χ2n) is 5.09. The molecule has 0 aromatic heterocycles. The van der Waals surface area contributed by atoms with Gasteiger partial charge in [0.15, 0.2) is 11.6 Å². The second kappa shape index (κ2) is 7.12. The first-order valence-corrected chi connectivity index (χ1v) is 8.54. The van der Waals surface area contributed by atoms with Crippen LogP contribution in [0.3, 0.4) is 0 Å². The number of para-hydroxylation sites is 3. The third kappa shape index (κ3) is 2.91. The minimum atomic E-state index is -3.63. The number of hydrogen-bond acceptors (Lipinski definition) is 5. The quantitative estimate of drug-likeness (QED) is 0.741. The van der Waals surface area contributed by atoms with Gasteiger partial charge in [-0.1, -0.05) is 18.2 Å². The van der Waals surface area contributed by atoms with Crippen LogP contribution in [0.15, 0.2) is 42.5 Å². The van der Waals surface area contributed by atoms with E-state index in [1.54, 1.807) is 24.3 Å². The van der Waals surface area contributed by atoms with E-state index in [0.717, 1.165) is 16.4 Å². The topological polar surface area (TPSA) is 73.0 Å². The van der Waals surface area contributed by atoms with Crippen LogP contribution in [0.1, 0.15) is 6.42 Å². The molecule has 2 aromatic carbocycles. The van der Waals surface area contributed by atoms with Crippen LogP contribution in [0, 0.1) is 11.6 Å². The summed E-state index contributed by atoms with van der Waals surface area (Å²) in [5.41, 5.74) is 5.86. The molecule has 0 aliphatic carbocycles. The normalized spacial score (nSPS) is 16.5. The average molecular weight is 378 g/mol. The molecule has 0 radical (unpaired) electrons. The Morgan fingerprint density at radius 1 is 0.958 bits per heavy atom. The Kier molecular flexibility index (Phi) is 5.56. The molecule has 1 heterocycles. The van der Waals surface area contributed by atoms with Crippen molar-refractivity contribution in [1.82, 2.24) is 0 Å². The molecule has 4 N–H and O–H groups in total. The summed E-state index contributed by atoms with van der Waals surface area (Å²) in [4.78, 5) is 0. The Labute approximate surface area is 146 Å². The molecular formula is C15H18ClF2N3O2S. The van der Waals surface area contributed by atoms with E-state index in [1.807, 2.05) is 0 Å². The van der Waals surface area contributed by atoms with Crippen molar-refractivity contribution in [3.8, 4) is 0 Å². The number of nitrogens with two attached hydrogens (primary N) is 1. The summed E-state index contributed by atoms with van der Waals surface area (Å²) in [7, 11) is -3.63. The van der Waals surface area contributed by atoms with Crippen molar-refractivity contribution in [2.24, 2.45) is 5.73 Å². The molecule has 1 aliphatic heterocycles. The number of rotatable bonds is 4. The smallest absolute Gasteiger partial charge is 0.151 e. The molecule has 24 heavy (non-hydrogen) atoms. The molecule has 0 saturated heterocycles. The van der Waals surface area contributed by atoms with Gasteiger partial charge in [-0.3, -0.25) is 13.4 Å². The van der Waals surface area contributed by atoms with Crippen molar-refractivity contribution >= 4 is 40.4 Å². The van der Waals surface area contributed by atoms with Crippen LogP contribution in [-0.4, -0.2) is 22.2 Å². The van der Waals surface area contributed by atoms with E-state index >= 15 is 0 Å². The highest BCUT2D eigenvalue weighted by Crippen LogP contribution is 2.64. The molecule has 0 saturated carbocycles. The molecule has 1 aliphatic rings. The average Bonchev–Trinajstić information content (AvgIpc) is 2.73. The Balaban J connectivity index is 0.00000208. The molecule has 9 heteroatoms. The maximum atomic E-state index is 14.2. The first-order valence-electron chi connectivity index (χ1n) is 7.07. The van der Waals surface area contributed by atoms with Crippen LogP contribution in [0.5, 0.6) is 0 Å². The monoisotopic (exact) mass is 377 g/mol. The number of hydrogen-bond donors (Lipinski definition) is 3. The highest BCUT2D eigenvalue weighted by Gasteiger charge is 2.43. The number of nitrogens with zero attached hydrogens (tertiary/aromatic N) is 2. The molecule has 2 aromatic rings. The van der Waals surface area contributed by atoms with Gasteiger partial charge in [0, 0.05) is 6.54 Å². The third-order valence-electron chi connectivity index (χ3n) is 3.62. The predicted octanol–water partition coefficient (Wildman–Crippen LogP) is 4.27. The zero-order valence-electron chi connectivity index (χ0n) is 12.6. The van der Waals surface area contributed by atoms with Crippen LogP contribution in [-0.2, 0) is 0 Å². The first kappa shape index (κ1) is 18.8. The molecule has 0 amide bonds. The Bertz CT molecular complexity index is 715. The Morgan fingerprint density at radius 2 is 1.54 bits per heavy atom. The Hall–Kier alpha value is -1.58. The summed E-state index contributed by atoms with van der Waals surface area (Å²) in [6, 6.07) is 10.1. The molecule has 0 bridgehead atoms. The highest BCUT2D eigenvalue weighted by atomic mass is 35.5. The fourth-order valence-electron chi connectivity index (χ4n) is 2.61. The number of anilines is 3. The fraction of sp³-hybridized carbons (Fsp3) is 0.200. The molecule has 3 rings (SSSR count). The predicted molar refractivity (Wildman–Crippen MR) is 96.1 cm³/mol. The van der Waals surface area contributed by atoms with Crippen LogP contribution in [0.4, 0.5) is 25.8 Å². The summed E-state index contributed by atoms with van der Waals surface area (Å²) in [5, 5.41) is 0. The number of benzene rings is 2. The van der Waals surface area contributed by atoms with E-state index < -0.39 is 28.3 Å². The standard InChI is InChI=1S/C15H17F2N3O2S.ClH/c16-11-5-3-6-12(17)15(11)20-14-8-2-1-7-13(14)19(10-4-9-18)23(20,21)22;/h1-3,5-8,21-22H,4,9-10,18H2;1H. The van der Waals surface area contributed by atoms with E-state index in [0.29, 0.717) is 24.3 Å². The van der Waals surface area contributed by atoms with Crippen LogP contribution in [0.2, 0.25) is 0 Å². The van der Waals surface area contributed by atoms with Crippen molar-refractivity contribution < 1.29 is 17.9 Å². The lowest BCUT2D eigenvalue weighted by molar-refractivity contribution is 0.481. The van der Waals surface area contributed by atoms with E-state index in [-0.39, 0.29) is 19.0 Å². The zero-order chi connectivity index (χ0) is 16.6. The summed E-state index contributed by atoms with van der Waals surface area (Å²) in [5.74, 6) is -1.72. The molecule has 0 spiro atoms. The lowest BCUT2D eigenvalue weighted by atomic mass is 10.2. The van der Waals surface area contributed by atoms with Gasteiger partial charge < -0.3 is 5.73 Å². The van der Waals surface area contributed by atoms with Crippen molar-refractivity contribution in [2.75, 3.05) is 21.7 Å². The van der Waals surface area contributed by atoms with Gasteiger partial charge in [0.25, 0.3) is 0 Å². The van der Waals surface area contributed by atoms with Gasteiger partial charge in [-0.2, -0.15) is 0 Å². The first-order chi connectivity index (χ1) is 11.0. The van der Waals surface area contributed by atoms with E-state index in [9.17, 15) is 17.9 Å². The highest BCUT2D eigenvalue weighted by molar-refractivity contribution is 8.27. The SMILES string of the molecule is Cl.NCCCN1c2ccccc2N(c2c(F)cccc2F)S1(O)O. The minimum Gasteiger partial charge on any atom is -0.330 e. The van der Waals surface area contributed by atoms with E-state index in [4.69, 9.17) is 5.73 Å². The van der Waals surface area contributed by atoms with Crippen molar-refractivity contribution in [3.05, 3.63) is 54.1 Å². The zero-order valence-corrected chi connectivity index (χ0v) is 14.2. The van der Waals surface area contributed by atoms with Gasteiger partial charge in [-0.15, -0.1) is 12.4 Å². The lowest BCUT2D eigenvalue weighted by Gasteiger charge is -2.43. The van der Waals surface area contributed by atoms with Crippen LogP contribution in [0.25, 0.3) is 0 Å². The minimum absolute atomic E-state index is 0. The van der Waals surface area contributed by atoms with Gasteiger partial charge in [0.2, 0.25) is 0 Å². The van der Waals surface area contributed by atoms with Crippen LogP contribution < -0.4 is 14.3 Å². The molecule has 0 fully saturated rings. The molecule has 5 nitrogen and oxygen atoms in total. The maximum Gasteiger partial charge on any atom is 0.151 e. The largest absolute Gasteiger partial charge is 0.330 e. The molecule has 132 valence electrons. The maximum absolute atomic E-state index is 14.2. The molecular weight excluding hydrogens is 360 g/mol. The van der Waals surface area contributed by atoms with Crippen molar-refractivity contribution in [2.45, 2.75) is 6.42 Å². The van der Waals surface area contributed by atoms with Crippen molar-refractivity contribution in [1.29, 1.82) is 0 Å². The summed E-state index contributed by atoms with van der Waals surface area (Å²) in [6.07, 6.45) is 0.512. The van der Waals surface area contributed by atoms with Gasteiger partial charge in [-0.05, 0) is 48.2 Å². The third-order valence-corrected chi connectivity index (χ3v) is 5.46. The van der Waals surface area contributed by atoms with E-state index in [2.05, 4.69) is 0 Å². The van der Waals surface area contributed by atoms with Crippen molar-refractivity contribution in [3.63, 3.8) is 0 Å². The summed E-state index contributed by atoms with van der Waals surface area (Å²) < 4.78 is 52.0. The number of fused-ring (bicyclic) bond motifs is 1. The lowest BCUT2D eigenvalue weighted by Crippen LogP contribution is -2.33. The Morgan fingerprint density at radius 3 is 2.12 bits per heavy atom. The fourth-order valence-corrected chi connectivity index (χ4v) is 4.44. The van der Waals surface area contributed by atoms with Gasteiger partial charge >= 0.3 is 0 Å². The van der Waals surface area contributed by atoms with Gasteiger partial charge in [0.05, 0.1) is 11.4 Å². The van der Waals surface area contributed by atoms with E-state index in [1.165, 1.54) is 10.4 Å². The van der Waals surface area contributed by atoms with Gasteiger partial charge in [-0.25, -0.2) is 13.1 Å². The molecule has 0 unspecified atom stereocenters. The number of halogens is 3. The van der Waals surface area contributed by atoms with Crippen LogP contribution >= 0.6 is 23.4 Å². The summed E-state index contributed by atoms with van der Waals surface area (Å²) in [6.45, 7) is 0.630. The molecule has 0 atom stereocenters. The summed E-state index contributed by atoms with van der Waals surface area (Å²) >= 11 is 0.